The Morgan fingerprint density at radius 3 is 2.27 bits per heavy atom. The van der Waals surface area contributed by atoms with Gasteiger partial charge in [-0.05, 0) is 65.9 Å². The van der Waals surface area contributed by atoms with Crippen molar-refractivity contribution in [3.8, 4) is 11.5 Å². The van der Waals surface area contributed by atoms with Crippen LogP contribution in [-0.2, 0) is 9.59 Å². The summed E-state index contributed by atoms with van der Waals surface area (Å²) < 4.78 is 15.1. The monoisotopic (exact) mass is 711 g/mol. The lowest BCUT2D eigenvalue weighted by Crippen LogP contribution is -2.30. The highest BCUT2D eigenvalue weighted by Gasteiger charge is 2.24. The first-order valence-corrected chi connectivity index (χ1v) is 17.7. The van der Waals surface area contributed by atoms with Gasteiger partial charge in [-0.1, -0.05) is 67.2 Å². The maximum Gasteiger partial charge on any atom is 0.272 e. The third kappa shape index (κ3) is 9.72. The van der Waals surface area contributed by atoms with Gasteiger partial charge < -0.3 is 20.1 Å². The van der Waals surface area contributed by atoms with Crippen LogP contribution in [0.3, 0.4) is 0 Å². The van der Waals surface area contributed by atoms with Crippen molar-refractivity contribution in [2.45, 2.75) is 22.2 Å². The Labute approximate surface area is 296 Å². The van der Waals surface area contributed by atoms with Crippen molar-refractivity contribution in [2.75, 3.05) is 30.6 Å². The molecule has 0 radical (unpaired) electrons. The summed E-state index contributed by atoms with van der Waals surface area (Å²) in [6.45, 7) is 2.02. The van der Waals surface area contributed by atoms with E-state index in [-0.39, 0.29) is 11.6 Å². The summed E-state index contributed by atoms with van der Waals surface area (Å²) in [4.78, 5) is 45.4. The van der Waals surface area contributed by atoms with E-state index >= 15 is 0 Å². The molecule has 3 amide bonds. The minimum atomic E-state index is -0.574. The average Bonchev–Trinajstić information content (AvgIpc) is 3.58. The zero-order valence-corrected chi connectivity index (χ0v) is 29.3. The minimum Gasteiger partial charge on any atom is -0.497 e. The molecule has 1 aromatic heterocycles. The number of thioether (sulfide) groups is 2. The van der Waals surface area contributed by atoms with Gasteiger partial charge in [-0.3, -0.25) is 19.7 Å². The largest absolute Gasteiger partial charge is 0.497 e. The van der Waals surface area contributed by atoms with Crippen LogP contribution in [-0.4, -0.2) is 47.1 Å². The number of hydrogen-bond donors (Lipinski definition) is 3. The van der Waals surface area contributed by atoms with Crippen molar-refractivity contribution in [3.63, 3.8) is 0 Å². The molecule has 1 atom stereocenters. The number of aromatic nitrogens is 2. The molecular formula is C36H33N5O5S3. The quantitative estimate of drug-likeness (QED) is 0.0790. The Morgan fingerprint density at radius 2 is 1.59 bits per heavy atom. The highest BCUT2D eigenvalue weighted by Crippen LogP contribution is 2.37. The molecule has 0 bridgehead atoms. The smallest absolute Gasteiger partial charge is 0.272 e. The molecule has 0 aliphatic heterocycles. The molecule has 4 aromatic carbocycles. The molecule has 3 N–H and O–H groups in total. The Hall–Kier alpha value is -5.11. The molecule has 250 valence electrons. The highest BCUT2D eigenvalue weighted by molar-refractivity contribution is 8.00. The standard InChI is InChI=1S/C36H33N5O5S3/c1-4-47-36-40-35(49-41-36)39-34(44)31(23-11-7-5-8-12-23)48-28-19-16-26(17-20-28)37-33(43)29(38-32(42)24-13-9-6-10-14-24)21-25-15-18-27(45-2)22-30(25)46-3/h5-22,31H,4H2,1-3H3,(H,37,43)(H,38,42)(H,39,40,41,44)/b29-21-. The molecule has 0 aliphatic rings. The average molecular weight is 712 g/mol. The number of carbonyl (C=O) groups is 3. The minimum absolute atomic E-state index is 0.00811. The van der Waals surface area contributed by atoms with Crippen LogP contribution in [0.25, 0.3) is 6.08 Å². The van der Waals surface area contributed by atoms with Gasteiger partial charge in [-0.25, -0.2) is 0 Å². The second-order valence-corrected chi connectivity index (χ2v) is 13.3. The molecule has 0 saturated carbocycles. The Bertz CT molecular complexity index is 1920. The van der Waals surface area contributed by atoms with Crippen LogP contribution in [0, 0.1) is 0 Å². The van der Waals surface area contributed by atoms with E-state index in [2.05, 4.69) is 25.3 Å². The fourth-order valence-corrected chi connectivity index (χ4v) is 6.81. The SMILES string of the molecule is CCSc1nsc(NC(=O)C(Sc2ccc(NC(=O)/C(=C/c3ccc(OC)cc3OC)NC(=O)c3ccccc3)cc2)c2ccccc2)n1. The van der Waals surface area contributed by atoms with E-state index in [1.807, 2.05) is 49.4 Å². The maximum absolute atomic E-state index is 13.6. The van der Waals surface area contributed by atoms with Gasteiger partial charge in [0.2, 0.25) is 16.2 Å². The van der Waals surface area contributed by atoms with E-state index in [0.29, 0.717) is 38.6 Å². The van der Waals surface area contributed by atoms with Gasteiger partial charge >= 0.3 is 0 Å². The molecule has 0 saturated heterocycles. The zero-order valence-electron chi connectivity index (χ0n) is 26.8. The van der Waals surface area contributed by atoms with Crippen molar-refractivity contribution in [1.29, 1.82) is 0 Å². The number of benzene rings is 4. The summed E-state index contributed by atoms with van der Waals surface area (Å²) in [5.41, 5.74) is 2.29. The van der Waals surface area contributed by atoms with Crippen LogP contribution in [0.1, 0.15) is 33.7 Å². The third-order valence-electron chi connectivity index (χ3n) is 6.89. The third-order valence-corrected chi connectivity index (χ3v) is 9.63. The molecule has 49 heavy (non-hydrogen) atoms. The molecular weight excluding hydrogens is 679 g/mol. The number of hydrogen-bond acceptors (Lipinski definition) is 10. The number of anilines is 2. The predicted octanol–water partition coefficient (Wildman–Crippen LogP) is 7.55. The van der Waals surface area contributed by atoms with E-state index in [1.165, 1.54) is 30.6 Å². The lowest BCUT2D eigenvalue weighted by Gasteiger charge is -2.16. The zero-order chi connectivity index (χ0) is 34.6. The van der Waals surface area contributed by atoms with Crippen LogP contribution in [0.15, 0.2) is 119 Å². The highest BCUT2D eigenvalue weighted by atomic mass is 32.2. The summed E-state index contributed by atoms with van der Waals surface area (Å²) in [6.07, 6.45) is 1.55. The van der Waals surface area contributed by atoms with Gasteiger partial charge in [0.05, 0.1) is 14.2 Å². The molecule has 0 aliphatic carbocycles. The van der Waals surface area contributed by atoms with Crippen molar-refractivity contribution in [1.82, 2.24) is 14.7 Å². The number of carbonyl (C=O) groups excluding carboxylic acids is 3. The van der Waals surface area contributed by atoms with E-state index in [0.717, 1.165) is 27.7 Å². The summed E-state index contributed by atoms with van der Waals surface area (Å²) >= 11 is 4.02. The topological polar surface area (TPSA) is 132 Å². The fraction of sp³-hybridized carbons (Fsp3) is 0.139. The normalized spacial score (nSPS) is 11.7. The van der Waals surface area contributed by atoms with Crippen molar-refractivity contribution < 1.29 is 23.9 Å². The fourth-order valence-electron chi connectivity index (χ4n) is 4.51. The number of rotatable bonds is 14. The molecule has 0 spiro atoms. The maximum atomic E-state index is 13.6. The van der Waals surface area contributed by atoms with Crippen molar-refractivity contribution >= 4 is 69.7 Å². The van der Waals surface area contributed by atoms with Gasteiger partial charge in [0.25, 0.3) is 11.8 Å². The number of methoxy groups -OCH3 is 2. The Balaban J connectivity index is 1.34. The van der Waals surface area contributed by atoms with Crippen LogP contribution in [0.5, 0.6) is 11.5 Å². The van der Waals surface area contributed by atoms with Gasteiger partial charge in [-0.15, -0.1) is 11.8 Å². The first-order valence-electron chi connectivity index (χ1n) is 15.1. The van der Waals surface area contributed by atoms with Gasteiger partial charge in [0.1, 0.15) is 22.4 Å². The summed E-state index contributed by atoms with van der Waals surface area (Å²) in [5, 5.41) is 9.02. The van der Waals surface area contributed by atoms with Gasteiger partial charge in [-0.2, -0.15) is 9.36 Å². The van der Waals surface area contributed by atoms with E-state index in [4.69, 9.17) is 9.47 Å². The van der Waals surface area contributed by atoms with Crippen LogP contribution in [0.4, 0.5) is 10.8 Å². The van der Waals surface area contributed by atoms with Crippen LogP contribution >= 0.6 is 35.1 Å². The van der Waals surface area contributed by atoms with Crippen LogP contribution in [0.2, 0.25) is 0 Å². The first kappa shape index (κ1) is 35.2. The molecule has 10 nitrogen and oxygen atoms in total. The second-order valence-electron chi connectivity index (χ2n) is 10.2. The van der Waals surface area contributed by atoms with Crippen molar-refractivity contribution in [3.05, 3.63) is 126 Å². The lowest BCUT2D eigenvalue weighted by atomic mass is 10.1. The van der Waals surface area contributed by atoms with Gasteiger partial charge in [0, 0.05) is 39.3 Å². The molecule has 0 fully saturated rings. The second kappa shape index (κ2) is 17.3. The van der Waals surface area contributed by atoms with E-state index in [1.54, 1.807) is 73.8 Å². The van der Waals surface area contributed by atoms with Crippen LogP contribution < -0.4 is 25.4 Å². The summed E-state index contributed by atoms with van der Waals surface area (Å²) in [5.74, 6) is 0.667. The number of ether oxygens (including phenoxy) is 2. The Kier molecular flexibility index (Phi) is 12.5. The lowest BCUT2D eigenvalue weighted by molar-refractivity contribution is -0.116. The molecule has 5 rings (SSSR count). The summed E-state index contributed by atoms with van der Waals surface area (Å²) in [7, 11) is 3.06. The molecule has 1 heterocycles. The predicted molar refractivity (Wildman–Crippen MR) is 196 cm³/mol. The van der Waals surface area contributed by atoms with E-state index < -0.39 is 17.1 Å². The molecule has 13 heteroatoms. The molecule has 5 aromatic rings. The van der Waals surface area contributed by atoms with Crippen molar-refractivity contribution in [2.24, 2.45) is 0 Å². The van der Waals surface area contributed by atoms with E-state index in [9.17, 15) is 14.4 Å². The van der Waals surface area contributed by atoms with Gasteiger partial charge in [0.15, 0.2) is 0 Å². The molecule has 1 unspecified atom stereocenters. The number of nitrogens with one attached hydrogen (secondary N) is 3. The Morgan fingerprint density at radius 1 is 0.878 bits per heavy atom. The number of nitrogens with zero attached hydrogens (tertiary/aromatic N) is 2. The number of amides is 3. The summed E-state index contributed by atoms with van der Waals surface area (Å²) in [6, 6.07) is 30.4. The first-order chi connectivity index (χ1) is 23.9.